The summed E-state index contributed by atoms with van der Waals surface area (Å²) >= 11 is 0. The Kier molecular flexibility index (Phi) is 5.79. The number of aryl methyl sites for hydroxylation is 1. The van der Waals surface area contributed by atoms with Crippen molar-refractivity contribution in [2.24, 2.45) is 0 Å². The van der Waals surface area contributed by atoms with Gasteiger partial charge < -0.3 is 9.88 Å². The maximum Gasteiger partial charge on any atom is 0.0542 e. The third-order valence-corrected chi connectivity index (χ3v) is 10.0. The lowest BCUT2D eigenvalue weighted by atomic mass is 9.81. The quantitative estimate of drug-likeness (QED) is 0.216. The van der Waals surface area contributed by atoms with Crippen molar-refractivity contribution in [3.63, 3.8) is 0 Å². The summed E-state index contributed by atoms with van der Waals surface area (Å²) in [7, 11) is 0. The molecule has 0 fully saturated rings. The first-order chi connectivity index (χ1) is 22.4. The Labute approximate surface area is 269 Å². The average molecular weight is 591 g/mol. The largest absolute Gasteiger partial charge is 0.356 e. The highest BCUT2D eigenvalue weighted by Crippen LogP contribution is 2.49. The van der Waals surface area contributed by atoms with Crippen molar-refractivity contribution in [1.82, 2.24) is 4.57 Å². The molecule has 0 unspecified atom stereocenters. The minimum absolute atomic E-state index is 0.00195. The fraction of sp³-hybridized carbons (Fsp3) is 0.0909. The molecule has 1 N–H and O–H groups in total. The van der Waals surface area contributed by atoms with E-state index in [1.165, 1.54) is 77.2 Å². The van der Waals surface area contributed by atoms with Gasteiger partial charge in [-0.25, -0.2) is 0 Å². The normalized spacial score (nSPS) is 13.3. The molecular formula is C44H34N2. The van der Waals surface area contributed by atoms with Crippen LogP contribution >= 0.6 is 0 Å². The molecule has 0 spiro atoms. The van der Waals surface area contributed by atoms with Gasteiger partial charge >= 0.3 is 0 Å². The number of benzene rings is 7. The lowest BCUT2D eigenvalue weighted by molar-refractivity contribution is 0.660. The summed E-state index contributed by atoms with van der Waals surface area (Å²) in [4.78, 5) is 0. The van der Waals surface area contributed by atoms with Crippen LogP contribution in [0.3, 0.4) is 0 Å². The Bertz CT molecular complexity index is 2480. The van der Waals surface area contributed by atoms with Crippen LogP contribution in [-0.4, -0.2) is 4.57 Å². The van der Waals surface area contributed by atoms with E-state index in [0.29, 0.717) is 0 Å². The zero-order chi connectivity index (χ0) is 31.0. The molecule has 2 heteroatoms. The lowest BCUT2D eigenvalue weighted by Crippen LogP contribution is -2.14. The van der Waals surface area contributed by atoms with E-state index >= 15 is 0 Å². The molecule has 0 saturated heterocycles. The summed E-state index contributed by atoms with van der Waals surface area (Å²) in [5.74, 6) is 0. The molecule has 9 rings (SSSR count). The van der Waals surface area contributed by atoms with E-state index in [2.05, 4.69) is 176 Å². The van der Waals surface area contributed by atoms with Crippen LogP contribution in [0.15, 0.2) is 146 Å². The van der Waals surface area contributed by atoms with Gasteiger partial charge in [-0.2, -0.15) is 0 Å². The molecule has 0 aliphatic heterocycles. The van der Waals surface area contributed by atoms with Crippen molar-refractivity contribution >= 4 is 44.0 Å². The summed E-state index contributed by atoms with van der Waals surface area (Å²) < 4.78 is 2.39. The molecule has 0 atom stereocenters. The Morgan fingerprint density at radius 1 is 0.500 bits per heavy atom. The Morgan fingerprint density at radius 3 is 2.02 bits per heavy atom. The van der Waals surface area contributed by atoms with Gasteiger partial charge in [-0.1, -0.05) is 104 Å². The van der Waals surface area contributed by atoms with Crippen LogP contribution in [-0.2, 0) is 5.41 Å². The van der Waals surface area contributed by atoms with Crippen LogP contribution in [0.2, 0.25) is 0 Å². The Morgan fingerprint density at radius 2 is 1.17 bits per heavy atom. The highest BCUT2D eigenvalue weighted by Gasteiger charge is 2.35. The molecule has 0 bridgehead atoms. The summed E-state index contributed by atoms with van der Waals surface area (Å²) in [6.07, 6.45) is 0. The number of nitrogens with one attached hydrogen (secondary N) is 1. The number of hydrogen-bond donors (Lipinski definition) is 1. The smallest absolute Gasteiger partial charge is 0.0542 e. The predicted octanol–water partition coefficient (Wildman–Crippen LogP) is 12.0. The maximum atomic E-state index is 3.68. The first kappa shape index (κ1) is 26.8. The number of anilines is 2. The number of aromatic nitrogens is 1. The van der Waals surface area contributed by atoms with Gasteiger partial charge in [0, 0.05) is 33.2 Å². The van der Waals surface area contributed by atoms with Gasteiger partial charge in [-0.05, 0) is 112 Å². The van der Waals surface area contributed by atoms with Crippen LogP contribution in [0, 0.1) is 6.92 Å². The van der Waals surface area contributed by atoms with Gasteiger partial charge in [0.2, 0.25) is 0 Å². The molecule has 8 aromatic rings. The molecule has 1 aliphatic rings. The monoisotopic (exact) mass is 590 g/mol. The van der Waals surface area contributed by atoms with Gasteiger partial charge in [0.15, 0.2) is 0 Å². The van der Waals surface area contributed by atoms with Gasteiger partial charge in [0.1, 0.15) is 0 Å². The Balaban J connectivity index is 1.06. The highest BCUT2D eigenvalue weighted by molar-refractivity contribution is 6.11. The minimum atomic E-state index is -0.00195. The van der Waals surface area contributed by atoms with E-state index in [4.69, 9.17) is 0 Å². The van der Waals surface area contributed by atoms with Gasteiger partial charge in [-0.15, -0.1) is 0 Å². The second kappa shape index (κ2) is 9.95. The number of fused-ring (bicyclic) bond motifs is 7. The van der Waals surface area contributed by atoms with E-state index in [1.54, 1.807) is 0 Å². The number of hydrogen-bond acceptors (Lipinski definition) is 1. The molecule has 0 saturated carbocycles. The molecule has 1 aromatic heterocycles. The van der Waals surface area contributed by atoms with Crippen LogP contribution in [0.1, 0.15) is 30.5 Å². The van der Waals surface area contributed by atoms with Crippen molar-refractivity contribution in [2.75, 3.05) is 5.32 Å². The summed E-state index contributed by atoms with van der Waals surface area (Å²) in [5.41, 5.74) is 15.0. The molecule has 1 heterocycles. The fourth-order valence-corrected chi connectivity index (χ4v) is 7.61. The van der Waals surface area contributed by atoms with E-state index < -0.39 is 0 Å². The summed E-state index contributed by atoms with van der Waals surface area (Å²) in [6.45, 7) is 6.85. The van der Waals surface area contributed by atoms with Crippen molar-refractivity contribution < 1.29 is 0 Å². The minimum Gasteiger partial charge on any atom is -0.356 e. The standard InChI is InChI=1S/C44H34N2/c1-28-12-22-42-38(24-28)39-27-34(19-23-43(39)46(42)35-20-15-29-8-4-5-9-31(29)25-35)45-33-17-13-30(14-18-33)32-16-21-37-36-10-6-7-11-40(36)44(2,3)41(37)26-32/h4-27,45H,1-3H3. The Hall–Kier alpha value is -5.60. The second-order valence-electron chi connectivity index (χ2n) is 13.3. The maximum absolute atomic E-state index is 3.68. The summed E-state index contributed by atoms with van der Waals surface area (Å²) in [6, 6.07) is 53.4. The zero-order valence-corrected chi connectivity index (χ0v) is 26.3. The average Bonchev–Trinajstić information content (AvgIpc) is 3.52. The van der Waals surface area contributed by atoms with Crippen molar-refractivity contribution in [3.05, 3.63) is 162 Å². The molecule has 0 radical (unpaired) electrons. The van der Waals surface area contributed by atoms with Crippen molar-refractivity contribution in [3.8, 4) is 27.9 Å². The molecule has 1 aliphatic carbocycles. The summed E-state index contributed by atoms with van der Waals surface area (Å²) in [5, 5.41) is 8.70. The van der Waals surface area contributed by atoms with Crippen molar-refractivity contribution in [1.29, 1.82) is 0 Å². The molecule has 220 valence electrons. The molecule has 46 heavy (non-hydrogen) atoms. The lowest BCUT2D eigenvalue weighted by Gasteiger charge is -2.22. The molecule has 2 nitrogen and oxygen atoms in total. The van der Waals surface area contributed by atoms with Crippen molar-refractivity contribution in [2.45, 2.75) is 26.2 Å². The fourth-order valence-electron chi connectivity index (χ4n) is 7.61. The predicted molar refractivity (Wildman–Crippen MR) is 196 cm³/mol. The van der Waals surface area contributed by atoms with E-state index in [9.17, 15) is 0 Å². The van der Waals surface area contributed by atoms with Crippen LogP contribution < -0.4 is 5.32 Å². The van der Waals surface area contributed by atoms with E-state index in [0.717, 1.165) is 11.4 Å². The molecule has 0 amide bonds. The molecule has 7 aromatic carbocycles. The van der Waals surface area contributed by atoms with Gasteiger partial charge in [0.25, 0.3) is 0 Å². The van der Waals surface area contributed by atoms with Gasteiger partial charge in [0.05, 0.1) is 11.0 Å². The molecular weight excluding hydrogens is 556 g/mol. The van der Waals surface area contributed by atoms with Crippen LogP contribution in [0.5, 0.6) is 0 Å². The number of nitrogens with zero attached hydrogens (tertiary/aromatic N) is 1. The topological polar surface area (TPSA) is 17.0 Å². The first-order valence-corrected chi connectivity index (χ1v) is 16.1. The third-order valence-electron chi connectivity index (χ3n) is 10.0. The first-order valence-electron chi connectivity index (χ1n) is 16.1. The second-order valence-corrected chi connectivity index (χ2v) is 13.3. The van der Waals surface area contributed by atoms with Crippen LogP contribution in [0.25, 0.3) is 60.5 Å². The highest BCUT2D eigenvalue weighted by atomic mass is 15.0. The van der Waals surface area contributed by atoms with Gasteiger partial charge in [-0.3, -0.25) is 0 Å². The van der Waals surface area contributed by atoms with Crippen LogP contribution in [0.4, 0.5) is 11.4 Å². The van der Waals surface area contributed by atoms with E-state index in [-0.39, 0.29) is 5.41 Å². The SMILES string of the molecule is Cc1ccc2c(c1)c1cc(Nc3ccc(-c4ccc5c(c4)C(C)(C)c4ccccc4-5)cc3)ccc1n2-c1ccc2ccccc2c1. The number of rotatable bonds is 4. The third kappa shape index (κ3) is 4.10. The zero-order valence-electron chi connectivity index (χ0n) is 26.3. The van der Waals surface area contributed by atoms with E-state index in [1.807, 2.05) is 0 Å².